The quantitative estimate of drug-likeness (QED) is 0.261. The molecule has 12 heteroatoms. The Kier molecular flexibility index (Phi) is 11.2. The summed E-state index contributed by atoms with van der Waals surface area (Å²) in [5.41, 5.74) is 4.11. The Morgan fingerprint density at radius 2 is 2.00 bits per heavy atom. The van der Waals surface area contributed by atoms with Crippen LogP contribution in [0.15, 0.2) is 28.9 Å². The molecule has 1 saturated heterocycles. The van der Waals surface area contributed by atoms with Crippen LogP contribution in [0.4, 0.5) is 10.9 Å². The van der Waals surface area contributed by atoms with Crippen molar-refractivity contribution in [2.24, 2.45) is 5.16 Å². The van der Waals surface area contributed by atoms with Gasteiger partial charge in [-0.25, -0.2) is 15.0 Å². The molecule has 2 aliphatic rings. The number of aromatic nitrogens is 3. The molecule has 0 radical (unpaired) electrons. The zero-order valence-electron chi connectivity index (χ0n) is 24.3. The first-order chi connectivity index (χ1) is 19.8. The van der Waals surface area contributed by atoms with Crippen molar-refractivity contribution in [2.75, 3.05) is 32.1 Å². The number of piperidine rings is 1. The van der Waals surface area contributed by atoms with Crippen LogP contribution in [0.25, 0.3) is 10.6 Å². The normalized spacial score (nSPS) is 17.9. The van der Waals surface area contributed by atoms with E-state index in [4.69, 9.17) is 4.84 Å². The molecule has 0 unspecified atom stereocenters. The van der Waals surface area contributed by atoms with Gasteiger partial charge in [0.25, 0.3) is 5.91 Å². The maximum absolute atomic E-state index is 11.9. The van der Waals surface area contributed by atoms with E-state index in [1.807, 2.05) is 44.0 Å². The lowest BCUT2D eigenvalue weighted by molar-refractivity contribution is -0.137. The van der Waals surface area contributed by atoms with E-state index in [9.17, 15) is 9.59 Å². The Hall–Kier alpha value is -3.38. The van der Waals surface area contributed by atoms with E-state index >= 15 is 0 Å². The summed E-state index contributed by atoms with van der Waals surface area (Å²) < 4.78 is 0. The summed E-state index contributed by atoms with van der Waals surface area (Å²) in [5.74, 6) is 0.838. The minimum Gasteiger partial charge on any atom is -0.386 e. The van der Waals surface area contributed by atoms with Crippen molar-refractivity contribution in [3.63, 3.8) is 0 Å². The predicted molar refractivity (Wildman–Crippen MR) is 165 cm³/mol. The van der Waals surface area contributed by atoms with Gasteiger partial charge in [-0.05, 0) is 70.9 Å². The second-order valence-electron chi connectivity index (χ2n) is 10.4. The van der Waals surface area contributed by atoms with Gasteiger partial charge in [0, 0.05) is 44.2 Å². The lowest BCUT2D eigenvalue weighted by atomic mass is 9.93. The molecule has 1 N–H and O–H groups in total. The Morgan fingerprint density at radius 1 is 1.20 bits per heavy atom. The highest BCUT2D eigenvalue weighted by Crippen LogP contribution is 2.32. The Labute approximate surface area is 249 Å². The van der Waals surface area contributed by atoms with Gasteiger partial charge in [-0.1, -0.05) is 11.2 Å². The zero-order valence-corrected chi connectivity index (χ0v) is 25.9. The number of anilines is 2. The highest BCUT2D eigenvalue weighted by Gasteiger charge is 2.22. The second kappa shape index (κ2) is 15.0. The van der Waals surface area contributed by atoms with Crippen LogP contribution in [0.2, 0.25) is 0 Å². The van der Waals surface area contributed by atoms with Crippen molar-refractivity contribution in [3.05, 3.63) is 40.0 Å². The van der Waals surface area contributed by atoms with Gasteiger partial charge in [0.2, 0.25) is 6.41 Å². The topological polar surface area (TPSA) is 113 Å². The van der Waals surface area contributed by atoms with E-state index < -0.39 is 0 Å². The Balaban J connectivity index is 0.000000189. The van der Waals surface area contributed by atoms with Crippen LogP contribution in [-0.4, -0.2) is 75.6 Å². The smallest absolute Gasteiger partial charge is 0.263 e. The molecule has 2 fully saturated rings. The van der Waals surface area contributed by atoms with Crippen LogP contribution in [0, 0.1) is 20.8 Å². The fraction of sp³-hybridized carbons (Fsp3) is 0.517. The molecular weight excluding hydrogens is 558 g/mol. The Bertz CT molecular complexity index is 1320. The molecule has 41 heavy (non-hydrogen) atoms. The zero-order chi connectivity index (χ0) is 29.2. The fourth-order valence-electron chi connectivity index (χ4n) is 4.80. The first-order valence-electron chi connectivity index (χ1n) is 14.0. The molecule has 10 nitrogen and oxygen atoms in total. The van der Waals surface area contributed by atoms with Gasteiger partial charge in [0.15, 0.2) is 11.7 Å². The summed E-state index contributed by atoms with van der Waals surface area (Å²) in [6.45, 7) is 7.76. The van der Waals surface area contributed by atoms with Gasteiger partial charge in [-0.15, -0.1) is 22.7 Å². The third-order valence-electron chi connectivity index (χ3n) is 7.09. The van der Waals surface area contributed by atoms with Crippen molar-refractivity contribution >= 4 is 51.7 Å². The molecule has 4 heterocycles. The van der Waals surface area contributed by atoms with Gasteiger partial charge in [0.05, 0.1) is 27.0 Å². The number of hydrogen-bond acceptors (Lipinski definition) is 10. The molecule has 5 rings (SSSR count). The number of pyridine rings is 1. The minimum atomic E-state index is 0.0245. The number of nitrogens with one attached hydrogen (secondary N) is 1. The molecule has 1 saturated carbocycles. The highest BCUT2D eigenvalue weighted by atomic mass is 32.1. The minimum absolute atomic E-state index is 0.0245. The van der Waals surface area contributed by atoms with E-state index in [1.165, 1.54) is 6.42 Å². The molecule has 3 aromatic rings. The number of carbonyl (C=O) groups is 2. The number of thiazole rings is 2. The number of hydrogen-bond donors (Lipinski definition) is 1. The average molecular weight is 598 g/mol. The summed E-state index contributed by atoms with van der Waals surface area (Å²) in [6.07, 6.45) is 9.71. The van der Waals surface area contributed by atoms with Crippen LogP contribution in [-0.2, 0) is 14.4 Å². The SMILES string of the molecule is CN(C=O)[C@@H]1CCC/C(=N\OCC(=O)N2CCCCC2)C1.Cc1ccc(Nc2nc(-c3sc(C)nc3C)cs2)nc1. The molecule has 0 aromatic carbocycles. The first-order valence-corrected chi connectivity index (χ1v) is 15.7. The number of rotatable bonds is 8. The highest BCUT2D eigenvalue weighted by molar-refractivity contribution is 7.16. The number of nitrogens with zero attached hydrogens (tertiary/aromatic N) is 6. The van der Waals surface area contributed by atoms with Crippen LogP contribution in [0.3, 0.4) is 0 Å². The van der Waals surface area contributed by atoms with E-state index in [0.717, 1.165) is 102 Å². The number of oxime groups is 1. The maximum atomic E-state index is 11.9. The van der Waals surface area contributed by atoms with E-state index in [1.54, 1.807) is 34.6 Å². The van der Waals surface area contributed by atoms with Crippen LogP contribution in [0.5, 0.6) is 0 Å². The van der Waals surface area contributed by atoms with Crippen molar-refractivity contribution in [1.82, 2.24) is 24.8 Å². The van der Waals surface area contributed by atoms with E-state index in [0.29, 0.717) is 0 Å². The molecule has 0 spiro atoms. The largest absolute Gasteiger partial charge is 0.386 e. The van der Waals surface area contributed by atoms with Crippen LogP contribution >= 0.6 is 22.7 Å². The van der Waals surface area contributed by atoms with Gasteiger partial charge >= 0.3 is 0 Å². The molecule has 0 bridgehead atoms. The molecule has 3 aromatic heterocycles. The molecule has 1 atom stereocenters. The second-order valence-corrected chi connectivity index (χ2v) is 12.5. The van der Waals surface area contributed by atoms with Gasteiger partial charge in [0.1, 0.15) is 5.82 Å². The lowest BCUT2D eigenvalue weighted by Crippen LogP contribution is -2.38. The summed E-state index contributed by atoms with van der Waals surface area (Å²) in [5, 5.41) is 11.3. The molecule has 220 valence electrons. The monoisotopic (exact) mass is 597 g/mol. The van der Waals surface area contributed by atoms with Gasteiger partial charge < -0.3 is 20.0 Å². The van der Waals surface area contributed by atoms with Gasteiger partial charge in [-0.3, -0.25) is 9.59 Å². The summed E-state index contributed by atoms with van der Waals surface area (Å²) in [6, 6.07) is 4.19. The molecule has 1 aliphatic carbocycles. The standard InChI is InChI=1S/C15H25N3O3.C14H14N4S2/c1-17(12-19)14-7-5-6-13(10-14)16-21-11-15(20)18-8-3-2-4-9-18;1-8-4-5-12(15-6-8)18-14-17-11(7-19-14)13-9(2)16-10(3)20-13/h12,14H,2-11H2,1H3;4-7H,1-3H3,(H,15,17,18)/b16-13+;/t14-;/m1./s1. The van der Waals surface area contributed by atoms with Crippen molar-refractivity contribution < 1.29 is 14.4 Å². The third kappa shape index (κ3) is 9.06. The number of aryl methyl sites for hydroxylation is 3. The van der Waals surface area contributed by atoms with Gasteiger partial charge in [-0.2, -0.15) is 0 Å². The van der Waals surface area contributed by atoms with Crippen molar-refractivity contribution in [2.45, 2.75) is 71.8 Å². The Morgan fingerprint density at radius 3 is 2.68 bits per heavy atom. The van der Waals surface area contributed by atoms with E-state index in [2.05, 4.69) is 30.8 Å². The first kappa shape index (κ1) is 30.6. The summed E-state index contributed by atoms with van der Waals surface area (Å²) in [7, 11) is 1.79. The maximum Gasteiger partial charge on any atom is 0.263 e. The number of amides is 2. The summed E-state index contributed by atoms with van der Waals surface area (Å²) in [4.78, 5) is 46.0. The molecular formula is C29H39N7O3S2. The van der Waals surface area contributed by atoms with Crippen molar-refractivity contribution in [1.29, 1.82) is 0 Å². The predicted octanol–water partition coefficient (Wildman–Crippen LogP) is 5.73. The van der Waals surface area contributed by atoms with Crippen LogP contribution < -0.4 is 5.32 Å². The number of carbonyl (C=O) groups excluding carboxylic acids is 2. The summed E-state index contributed by atoms with van der Waals surface area (Å²) >= 11 is 3.26. The average Bonchev–Trinajstić information content (AvgIpc) is 3.59. The van der Waals surface area contributed by atoms with Crippen LogP contribution in [0.1, 0.15) is 61.2 Å². The third-order valence-corrected chi connectivity index (χ3v) is 8.95. The molecule has 1 aliphatic heterocycles. The number of likely N-dealkylation sites (tertiary alicyclic amines) is 1. The molecule has 2 amide bonds. The lowest BCUT2D eigenvalue weighted by Gasteiger charge is -2.29. The fourth-order valence-corrected chi connectivity index (χ4v) is 6.47. The van der Waals surface area contributed by atoms with Crippen molar-refractivity contribution in [3.8, 4) is 10.6 Å². The van der Waals surface area contributed by atoms with E-state index in [-0.39, 0.29) is 18.6 Å².